The third kappa shape index (κ3) is 6.47. The summed E-state index contributed by atoms with van der Waals surface area (Å²) in [5, 5.41) is 3.07. The fraction of sp³-hybridized carbons (Fsp3) is 0.556. The van der Waals surface area contributed by atoms with Crippen LogP contribution in [0.5, 0.6) is 5.75 Å². The molecular formula is C27H38N4O2. The number of carbonyl (C=O) groups is 1. The number of hydrogen-bond donors (Lipinski definition) is 1. The summed E-state index contributed by atoms with van der Waals surface area (Å²) in [6, 6.07) is 10.4. The van der Waals surface area contributed by atoms with Crippen LogP contribution in [-0.4, -0.2) is 62.2 Å². The van der Waals surface area contributed by atoms with E-state index in [0.29, 0.717) is 13.0 Å². The number of benzene rings is 1. The Morgan fingerprint density at radius 3 is 2.61 bits per heavy atom. The van der Waals surface area contributed by atoms with Gasteiger partial charge in [-0.25, -0.2) is 0 Å². The monoisotopic (exact) mass is 450 g/mol. The summed E-state index contributed by atoms with van der Waals surface area (Å²) in [5.41, 5.74) is 4.22. The number of hydrogen-bond acceptors (Lipinski definition) is 5. The molecule has 1 amide bonds. The van der Waals surface area contributed by atoms with Crippen molar-refractivity contribution in [3.63, 3.8) is 0 Å². The summed E-state index contributed by atoms with van der Waals surface area (Å²) in [6.45, 7) is 7.52. The van der Waals surface area contributed by atoms with Gasteiger partial charge in [-0.15, -0.1) is 0 Å². The van der Waals surface area contributed by atoms with E-state index in [0.717, 1.165) is 67.6 Å². The van der Waals surface area contributed by atoms with Crippen LogP contribution in [0.3, 0.4) is 0 Å². The third-order valence-electron chi connectivity index (χ3n) is 6.95. The lowest BCUT2D eigenvalue weighted by Crippen LogP contribution is -2.44. The molecule has 0 atom stereocenters. The van der Waals surface area contributed by atoms with E-state index >= 15 is 0 Å². The van der Waals surface area contributed by atoms with E-state index in [4.69, 9.17) is 4.74 Å². The molecule has 2 aromatic rings. The number of ether oxygens (including phenoxy) is 1. The first-order chi connectivity index (χ1) is 16.1. The van der Waals surface area contributed by atoms with Crippen LogP contribution in [0.25, 0.3) is 11.1 Å². The number of likely N-dealkylation sites (N-methyl/N-ethyl adjacent to an activating group) is 1. The fourth-order valence-electron chi connectivity index (χ4n) is 4.95. The number of piperazine rings is 1. The normalized spacial score (nSPS) is 17.3. The van der Waals surface area contributed by atoms with E-state index in [2.05, 4.69) is 45.3 Å². The standard InChI is InChI=1S/C27H38N4O2/c1-3-33-24-10-11-25(26(19-24)31-16-14-30(2)15-17-31)22-8-9-23(29-20-22)18-27(32)28-13-12-21-6-4-5-7-21/h8-11,19-21H,3-7,12-18H2,1-2H3,(H,28,32). The zero-order valence-electron chi connectivity index (χ0n) is 20.2. The summed E-state index contributed by atoms with van der Waals surface area (Å²) >= 11 is 0. The van der Waals surface area contributed by atoms with E-state index in [-0.39, 0.29) is 5.91 Å². The Hall–Kier alpha value is -2.60. The topological polar surface area (TPSA) is 57.7 Å². The van der Waals surface area contributed by atoms with Gasteiger partial charge in [0.25, 0.3) is 0 Å². The molecule has 2 aliphatic rings. The highest BCUT2D eigenvalue weighted by Crippen LogP contribution is 2.34. The van der Waals surface area contributed by atoms with Crippen molar-refractivity contribution in [1.29, 1.82) is 0 Å². The number of nitrogens with one attached hydrogen (secondary N) is 1. The minimum absolute atomic E-state index is 0.0624. The maximum absolute atomic E-state index is 12.4. The SMILES string of the molecule is CCOc1ccc(-c2ccc(CC(=O)NCCC3CCCC3)nc2)c(N2CCN(C)CC2)c1. The van der Waals surface area contributed by atoms with Crippen molar-refractivity contribution < 1.29 is 9.53 Å². The van der Waals surface area contributed by atoms with Gasteiger partial charge in [0, 0.05) is 67.5 Å². The van der Waals surface area contributed by atoms with E-state index in [9.17, 15) is 4.79 Å². The smallest absolute Gasteiger partial charge is 0.226 e. The molecule has 1 aliphatic heterocycles. The summed E-state index contributed by atoms with van der Waals surface area (Å²) < 4.78 is 5.78. The van der Waals surface area contributed by atoms with Gasteiger partial charge in [-0.3, -0.25) is 9.78 Å². The van der Waals surface area contributed by atoms with Gasteiger partial charge in [0.05, 0.1) is 13.0 Å². The van der Waals surface area contributed by atoms with Gasteiger partial charge < -0.3 is 19.9 Å². The lowest BCUT2D eigenvalue weighted by molar-refractivity contribution is -0.120. The molecule has 1 saturated carbocycles. The Morgan fingerprint density at radius 2 is 1.91 bits per heavy atom. The predicted molar refractivity (Wildman–Crippen MR) is 134 cm³/mol. The molecule has 1 saturated heterocycles. The largest absolute Gasteiger partial charge is 0.494 e. The van der Waals surface area contributed by atoms with E-state index in [1.54, 1.807) is 0 Å². The van der Waals surface area contributed by atoms with Gasteiger partial charge >= 0.3 is 0 Å². The number of pyridine rings is 1. The molecule has 6 heteroatoms. The predicted octanol–water partition coefficient (Wildman–Crippen LogP) is 4.14. The Labute approximate surface area is 198 Å². The fourth-order valence-corrected chi connectivity index (χ4v) is 4.95. The first-order valence-electron chi connectivity index (χ1n) is 12.5. The van der Waals surface area contributed by atoms with Crippen LogP contribution in [0.4, 0.5) is 5.69 Å². The minimum atomic E-state index is 0.0624. The van der Waals surface area contributed by atoms with E-state index < -0.39 is 0 Å². The summed E-state index contributed by atoms with van der Waals surface area (Å²) in [5.74, 6) is 1.76. The maximum atomic E-state index is 12.4. The minimum Gasteiger partial charge on any atom is -0.494 e. The highest BCUT2D eigenvalue weighted by atomic mass is 16.5. The molecule has 33 heavy (non-hydrogen) atoms. The summed E-state index contributed by atoms with van der Waals surface area (Å²) in [4.78, 5) is 21.8. The van der Waals surface area contributed by atoms with Crippen LogP contribution in [-0.2, 0) is 11.2 Å². The maximum Gasteiger partial charge on any atom is 0.226 e. The molecule has 0 radical (unpaired) electrons. The van der Waals surface area contributed by atoms with Crippen LogP contribution >= 0.6 is 0 Å². The number of amides is 1. The molecule has 1 aliphatic carbocycles. The van der Waals surface area contributed by atoms with Crippen molar-refractivity contribution in [3.8, 4) is 16.9 Å². The Morgan fingerprint density at radius 1 is 1.12 bits per heavy atom. The molecule has 2 heterocycles. The van der Waals surface area contributed by atoms with Gasteiger partial charge in [0.2, 0.25) is 5.91 Å². The zero-order chi connectivity index (χ0) is 23.0. The average molecular weight is 451 g/mol. The van der Waals surface area contributed by atoms with E-state index in [1.807, 2.05) is 25.3 Å². The van der Waals surface area contributed by atoms with Crippen LogP contribution in [0.15, 0.2) is 36.5 Å². The zero-order valence-corrected chi connectivity index (χ0v) is 20.2. The molecule has 0 unspecified atom stereocenters. The number of anilines is 1. The summed E-state index contributed by atoms with van der Waals surface area (Å²) in [6.07, 6.45) is 8.67. The van der Waals surface area contributed by atoms with Crippen molar-refractivity contribution in [2.75, 3.05) is 51.3 Å². The Bertz CT molecular complexity index is 901. The van der Waals surface area contributed by atoms with Crippen molar-refractivity contribution in [2.45, 2.75) is 45.4 Å². The second kappa shape index (κ2) is 11.5. The molecule has 4 rings (SSSR count). The van der Waals surface area contributed by atoms with Crippen molar-refractivity contribution in [1.82, 2.24) is 15.2 Å². The molecule has 1 aromatic heterocycles. The molecule has 1 N–H and O–H groups in total. The molecule has 0 bridgehead atoms. The molecule has 0 spiro atoms. The van der Waals surface area contributed by atoms with Crippen molar-refractivity contribution in [2.24, 2.45) is 5.92 Å². The number of nitrogens with zero attached hydrogens (tertiary/aromatic N) is 3. The molecule has 178 valence electrons. The van der Waals surface area contributed by atoms with Crippen molar-refractivity contribution >= 4 is 11.6 Å². The molecular weight excluding hydrogens is 412 g/mol. The summed E-state index contributed by atoms with van der Waals surface area (Å²) in [7, 11) is 2.17. The Balaban J connectivity index is 1.41. The van der Waals surface area contributed by atoms with Crippen molar-refractivity contribution in [3.05, 3.63) is 42.2 Å². The average Bonchev–Trinajstić information content (AvgIpc) is 3.34. The Kier molecular flexibility index (Phi) is 8.21. The molecule has 2 fully saturated rings. The highest BCUT2D eigenvalue weighted by Gasteiger charge is 2.19. The quantitative estimate of drug-likeness (QED) is 0.622. The third-order valence-corrected chi connectivity index (χ3v) is 6.95. The van der Waals surface area contributed by atoms with Crippen LogP contribution in [0, 0.1) is 5.92 Å². The van der Waals surface area contributed by atoms with Gasteiger partial charge in [-0.05, 0) is 44.5 Å². The van der Waals surface area contributed by atoms with Gasteiger partial charge in [0.1, 0.15) is 5.75 Å². The first-order valence-corrected chi connectivity index (χ1v) is 12.5. The lowest BCUT2D eigenvalue weighted by atomic mass is 10.0. The molecule has 6 nitrogen and oxygen atoms in total. The second-order valence-electron chi connectivity index (χ2n) is 9.41. The first kappa shape index (κ1) is 23.6. The number of carbonyl (C=O) groups excluding carboxylic acids is 1. The second-order valence-corrected chi connectivity index (χ2v) is 9.41. The van der Waals surface area contributed by atoms with Crippen LogP contribution < -0.4 is 15.0 Å². The van der Waals surface area contributed by atoms with Crippen LogP contribution in [0.2, 0.25) is 0 Å². The van der Waals surface area contributed by atoms with Gasteiger partial charge in [0.15, 0.2) is 0 Å². The van der Waals surface area contributed by atoms with E-state index in [1.165, 1.54) is 31.4 Å². The molecule has 1 aromatic carbocycles. The van der Waals surface area contributed by atoms with Crippen LogP contribution in [0.1, 0.15) is 44.7 Å². The van der Waals surface area contributed by atoms with Gasteiger partial charge in [-0.1, -0.05) is 31.7 Å². The lowest BCUT2D eigenvalue weighted by Gasteiger charge is -2.35. The highest BCUT2D eigenvalue weighted by molar-refractivity contribution is 5.81. The van der Waals surface area contributed by atoms with Gasteiger partial charge in [-0.2, -0.15) is 0 Å². The number of rotatable bonds is 9. The number of aromatic nitrogens is 1.